The minimum absolute atomic E-state index is 0.188. The van der Waals surface area contributed by atoms with Crippen LogP contribution in [0.2, 0.25) is 0 Å². The van der Waals surface area contributed by atoms with Crippen LogP contribution in [0.15, 0.2) is 47.5 Å². The molecule has 0 atom stereocenters. The summed E-state index contributed by atoms with van der Waals surface area (Å²) in [4.78, 5) is 23.4. The van der Waals surface area contributed by atoms with Gasteiger partial charge in [-0.25, -0.2) is 9.59 Å². The molecule has 1 saturated heterocycles. The third kappa shape index (κ3) is 4.48. The maximum atomic E-state index is 11.7. The Morgan fingerprint density at radius 2 is 1.54 bits per heavy atom. The number of hydrogen-bond acceptors (Lipinski definition) is 7. The topological polar surface area (TPSA) is 91.3 Å². The quantitative estimate of drug-likeness (QED) is 0.366. The summed E-state index contributed by atoms with van der Waals surface area (Å²) in [5, 5.41) is 9.75. The molecular formula is C17H20O7. The van der Waals surface area contributed by atoms with Gasteiger partial charge in [0.15, 0.2) is 0 Å². The number of aliphatic hydroxyl groups excluding tert-OH is 1. The highest BCUT2D eigenvalue weighted by Gasteiger charge is 2.38. The van der Waals surface area contributed by atoms with Crippen LogP contribution < -0.4 is 0 Å². The van der Waals surface area contributed by atoms with Crippen molar-refractivity contribution >= 4 is 11.9 Å². The summed E-state index contributed by atoms with van der Waals surface area (Å²) >= 11 is 0. The van der Waals surface area contributed by atoms with Gasteiger partial charge in [0.25, 0.3) is 11.7 Å². The zero-order valence-corrected chi connectivity index (χ0v) is 14.0. The van der Waals surface area contributed by atoms with Gasteiger partial charge in [0.1, 0.15) is 5.57 Å². The van der Waals surface area contributed by atoms with Gasteiger partial charge < -0.3 is 24.1 Å². The van der Waals surface area contributed by atoms with E-state index in [1.165, 1.54) is 26.0 Å². The van der Waals surface area contributed by atoms with E-state index in [-0.39, 0.29) is 18.1 Å². The number of hydrogen-bond donors (Lipinski definition) is 1. The number of ether oxygens (including phenoxy) is 4. The molecule has 0 aliphatic carbocycles. The fourth-order valence-corrected chi connectivity index (χ4v) is 1.94. The largest absolute Gasteiger partial charge is 0.481 e. The van der Waals surface area contributed by atoms with Crippen molar-refractivity contribution in [3.05, 3.63) is 47.5 Å². The summed E-state index contributed by atoms with van der Waals surface area (Å²) in [5.41, 5.74) is 0.289. The first kappa shape index (κ1) is 17.8. The molecule has 2 heterocycles. The van der Waals surface area contributed by atoms with Crippen LogP contribution in [0.5, 0.6) is 0 Å². The summed E-state index contributed by atoms with van der Waals surface area (Å²) in [6.07, 6.45) is 7.57. The summed E-state index contributed by atoms with van der Waals surface area (Å²) in [5.74, 6) is -3.79. The van der Waals surface area contributed by atoms with Gasteiger partial charge in [-0.3, -0.25) is 0 Å². The summed E-state index contributed by atoms with van der Waals surface area (Å²) in [6, 6.07) is 0. The first-order valence-corrected chi connectivity index (χ1v) is 7.36. The van der Waals surface area contributed by atoms with Crippen molar-refractivity contribution in [3.63, 3.8) is 0 Å². The molecule has 1 fully saturated rings. The van der Waals surface area contributed by atoms with Gasteiger partial charge in [-0.15, -0.1) is 0 Å². The second-order valence-corrected chi connectivity index (χ2v) is 6.12. The zero-order chi connectivity index (χ0) is 18.0. The summed E-state index contributed by atoms with van der Waals surface area (Å²) in [7, 11) is 0. The Morgan fingerprint density at radius 1 is 0.917 bits per heavy atom. The van der Waals surface area contributed by atoms with Crippen molar-refractivity contribution in [1.29, 1.82) is 0 Å². The maximum Gasteiger partial charge on any atom is 0.348 e. The molecule has 0 radical (unpaired) electrons. The first-order valence-electron chi connectivity index (χ1n) is 7.36. The van der Waals surface area contributed by atoms with Crippen molar-refractivity contribution in [2.24, 2.45) is 0 Å². The lowest BCUT2D eigenvalue weighted by molar-refractivity contribution is -0.223. The van der Waals surface area contributed by atoms with Gasteiger partial charge in [-0.2, -0.15) is 0 Å². The fourth-order valence-electron chi connectivity index (χ4n) is 1.94. The monoisotopic (exact) mass is 336 g/mol. The average Bonchev–Trinajstić information content (AvgIpc) is 2.41. The molecule has 0 saturated carbocycles. The second kappa shape index (κ2) is 6.52. The molecule has 130 valence electrons. The molecule has 0 aromatic rings. The molecule has 0 bridgehead atoms. The van der Waals surface area contributed by atoms with Crippen LogP contribution in [-0.4, -0.2) is 35.2 Å². The van der Waals surface area contributed by atoms with E-state index in [1.54, 1.807) is 32.1 Å². The molecule has 2 rings (SSSR count). The number of esters is 2. The Balaban J connectivity index is 2.00. The first-order chi connectivity index (χ1) is 11.1. The Morgan fingerprint density at radius 3 is 2.12 bits per heavy atom. The Labute approximate surface area is 139 Å². The molecule has 0 spiro atoms. The lowest BCUT2D eigenvalue weighted by atomic mass is 10.2. The summed E-state index contributed by atoms with van der Waals surface area (Å²) in [6.45, 7) is 6.55. The predicted molar refractivity (Wildman–Crippen MR) is 83.4 cm³/mol. The predicted octanol–water partition coefficient (Wildman–Crippen LogP) is 2.41. The van der Waals surface area contributed by atoms with Crippen molar-refractivity contribution < 1.29 is 33.6 Å². The van der Waals surface area contributed by atoms with Crippen molar-refractivity contribution in [2.45, 2.75) is 39.3 Å². The van der Waals surface area contributed by atoms with E-state index in [0.717, 1.165) is 0 Å². The minimum Gasteiger partial charge on any atom is -0.481 e. The minimum atomic E-state index is -1.26. The highest BCUT2D eigenvalue weighted by molar-refractivity contribution is 6.15. The molecule has 2 aliphatic heterocycles. The van der Waals surface area contributed by atoms with E-state index in [4.69, 9.17) is 18.9 Å². The molecule has 2 aliphatic rings. The Hall–Kier alpha value is -2.54. The number of cyclic esters (lactones) is 2. The van der Waals surface area contributed by atoms with Gasteiger partial charge >= 0.3 is 11.9 Å². The molecular weight excluding hydrogens is 316 g/mol. The number of aliphatic hydroxyl groups is 1. The number of carbonyl (C=O) groups is 2. The van der Waals surface area contributed by atoms with Crippen molar-refractivity contribution in [3.8, 4) is 0 Å². The second-order valence-electron chi connectivity index (χ2n) is 6.12. The normalized spacial score (nSPS) is 23.2. The smallest absolute Gasteiger partial charge is 0.348 e. The van der Waals surface area contributed by atoms with E-state index in [0.29, 0.717) is 5.57 Å². The molecule has 1 N–H and O–H groups in total. The lowest BCUT2D eigenvalue weighted by Gasteiger charge is -2.30. The van der Waals surface area contributed by atoms with Gasteiger partial charge in [-0.05, 0) is 12.2 Å². The molecule has 0 aromatic heterocycles. The van der Waals surface area contributed by atoms with E-state index in [1.807, 2.05) is 0 Å². The van der Waals surface area contributed by atoms with Gasteiger partial charge in [-0.1, -0.05) is 18.2 Å². The number of rotatable bonds is 3. The van der Waals surface area contributed by atoms with Gasteiger partial charge in [0.2, 0.25) is 5.79 Å². The summed E-state index contributed by atoms with van der Waals surface area (Å²) < 4.78 is 20.5. The van der Waals surface area contributed by atoms with E-state index in [9.17, 15) is 14.7 Å². The van der Waals surface area contributed by atoms with Gasteiger partial charge in [0.05, 0.1) is 12.2 Å². The molecule has 0 amide bonds. The standard InChI is InChI=1S/C17H20O7/c1-16(2)21-10-11(13(18)22-16)8-6-5-7-9-12-14(19)23-17(3,4)24-15(12)20/h5-9,18H,10H2,1-4H3/b7-5+,8-6+. The molecule has 24 heavy (non-hydrogen) atoms. The molecule has 0 aromatic carbocycles. The highest BCUT2D eigenvalue weighted by Crippen LogP contribution is 2.24. The van der Waals surface area contributed by atoms with E-state index in [2.05, 4.69) is 0 Å². The maximum absolute atomic E-state index is 11.7. The SMILES string of the molecule is CC1(C)OC(=O)C(=C/C=C/C=C/C2=C(O)OC(C)(C)OC2)C(=O)O1. The average molecular weight is 336 g/mol. The van der Waals surface area contributed by atoms with Crippen LogP contribution in [0.4, 0.5) is 0 Å². The third-order valence-corrected chi connectivity index (χ3v) is 3.09. The van der Waals surface area contributed by atoms with Crippen LogP contribution >= 0.6 is 0 Å². The molecule has 0 unspecified atom stereocenters. The van der Waals surface area contributed by atoms with Crippen molar-refractivity contribution in [1.82, 2.24) is 0 Å². The Kier molecular flexibility index (Phi) is 4.84. The molecule has 7 nitrogen and oxygen atoms in total. The van der Waals surface area contributed by atoms with Crippen LogP contribution in [0.25, 0.3) is 0 Å². The van der Waals surface area contributed by atoms with Gasteiger partial charge in [0, 0.05) is 27.7 Å². The molecule has 7 heteroatoms. The van der Waals surface area contributed by atoms with Crippen LogP contribution in [-0.2, 0) is 28.5 Å². The van der Waals surface area contributed by atoms with Crippen LogP contribution in [0.1, 0.15) is 27.7 Å². The number of allylic oxidation sites excluding steroid dienone is 4. The lowest BCUT2D eigenvalue weighted by Crippen LogP contribution is -2.41. The Bertz CT molecular complexity index is 640. The van der Waals surface area contributed by atoms with Crippen LogP contribution in [0, 0.1) is 0 Å². The fraction of sp³-hybridized carbons (Fsp3) is 0.412. The third-order valence-electron chi connectivity index (χ3n) is 3.09. The van der Waals surface area contributed by atoms with E-state index >= 15 is 0 Å². The van der Waals surface area contributed by atoms with Crippen molar-refractivity contribution in [2.75, 3.05) is 6.61 Å². The van der Waals surface area contributed by atoms with E-state index < -0.39 is 23.5 Å². The number of carbonyl (C=O) groups excluding carboxylic acids is 2. The highest BCUT2D eigenvalue weighted by atomic mass is 16.7. The van der Waals surface area contributed by atoms with Crippen LogP contribution in [0.3, 0.4) is 0 Å². The zero-order valence-electron chi connectivity index (χ0n) is 14.0.